The molecule has 20 heavy (non-hydrogen) atoms. The third-order valence-electron chi connectivity index (χ3n) is 2.99. The number of benzene rings is 2. The van der Waals surface area contributed by atoms with Gasteiger partial charge < -0.3 is 10.9 Å². The van der Waals surface area contributed by atoms with Crippen molar-refractivity contribution in [2.24, 2.45) is 10.9 Å². The highest BCUT2D eigenvalue weighted by Crippen LogP contribution is 2.37. The van der Waals surface area contributed by atoms with Gasteiger partial charge in [-0.3, -0.25) is 0 Å². The smallest absolute Gasteiger partial charge is 0.140 e. The third kappa shape index (κ3) is 4.03. The minimum atomic E-state index is 0.134. The molecule has 3 N–H and O–H groups in total. The zero-order chi connectivity index (χ0) is 14.4. The van der Waals surface area contributed by atoms with Crippen molar-refractivity contribution in [3.8, 4) is 0 Å². The largest absolute Gasteiger partial charge is 0.409 e. The Bertz CT molecular complexity index is 567. The summed E-state index contributed by atoms with van der Waals surface area (Å²) in [5.74, 6) is 0.249. The van der Waals surface area contributed by atoms with Crippen LogP contribution in [-0.4, -0.2) is 11.0 Å². The number of nitrogens with two attached hydrogens (primary N) is 1. The highest BCUT2D eigenvalue weighted by Gasteiger charge is 2.15. The lowest BCUT2D eigenvalue weighted by Crippen LogP contribution is -2.14. The molecule has 3 nitrogen and oxygen atoms in total. The minimum absolute atomic E-state index is 0.134. The fraction of sp³-hybridized carbons (Fsp3) is 0.188. The maximum absolute atomic E-state index is 8.79. The van der Waals surface area contributed by atoms with Crippen molar-refractivity contribution in [3.63, 3.8) is 0 Å². The average molecular weight is 286 g/mol. The van der Waals surface area contributed by atoms with Gasteiger partial charge in [0.1, 0.15) is 5.84 Å². The summed E-state index contributed by atoms with van der Waals surface area (Å²) in [6.45, 7) is 2.07. The molecule has 0 bridgehead atoms. The van der Waals surface area contributed by atoms with E-state index >= 15 is 0 Å². The van der Waals surface area contributed by atoms with Crippen molar-refractivity contribution in [1.82, 2.24) is 0 Å². The van der Waals surface area contributed by atoms with Crippen LogP contribution < -0.4 is 5.73 Å². The van der Waals surface area contributed by atoms with Gasteiger partial charge in [-0.2, -0.15) is 0 Å². The SMILES string of the molecule is Cc1ccc(SC(CC(N)=NO)c2ccccc2)cc1. The van der Waals surface area contributed by atoms with Gasteiger partial charge in [-0.05, 0) is 24.6 Å². The fourth-order valence-electron chi connectivity index (χ4n) is 1.91. The van der Waals surface area contributed by atoms with E-state index in [1.54, 1.807) is 11.8 Å². The van der Waals surface area contributed by atoms with Crippen LogP contribution in [0.25, 0.3) is 0 Å². The van der Waals surface area contributed by atoms with Gasteiger partial charge >= 0.3 is 0 Å². The molecule has 2 rings (SSSR count). The molecule has 0 aromatic heterocycles. The summed E-state index contributed by atoms with van der Waals surface area (Å²) >= 11 is 1.72. The number of amidine groups is 1. The molecule has 0 heterocycles. The molecular weight excluding hydrogens is 268 g/mol. The van der Waals surface area contributed by atoms with Crippen LogP contribution in [0.15, 0.2) is 64.6 Å². The second kappa shape index (κ2) is 7.01. The normalized spacial score (nSPS) is 13.2. The van der Waals surface area contributed by atoms with Gasteiger partial charge in [-0.25, -0.2) is 0 Å². The van der Waals surface area contributed by atoms with E-state index in [0.717, 1.165) is 0 Å². The first-order chi connectivity index (χ1) is 9.69. The first-order valence-corrected chi connectivity index (χ1v) is 7.31. The summed E-state index contributed by atoms with van der Waals surface area (Å²) < 4.78 is 0. The van der Waals surface area contributed by atoms with Gasteiger partial charge in [-0.1, -0.05) is 53.2 Å². The average Bonchev–Trinajstić information content (AvgIpc) is 2.49. The Balaban J connectivity index is 2.20. The van der Waals surface area contributed by atoms with Crippen LogP contribution in [-0.2, 0) is 0 Å². The molecule has 1 atom stereocenters. The van der Waals surface area contributed by atoms with Gasteiger partial charge in [0, 0.05) is 16.6 Å². The second-order valence-electron chi connectivity index (χ2n) is 4.63. The number of hydrogen-bond donors (Lipinski definition) is 2. The van der Waals surface area contributed by atoms with Crippen molar-refractivity contribution >= 4 is 17.6 Å². The fourth-order valence-corrected chi connectivity index (χ4v) is 3.08. The molecule has 0 aliphatic carbocycles. The topological polar surface area (TPSA) is 58.6 Å². The molecule has 1 unspecified atom stereocenters. The molecule has 2 aromatic rings. The molecule has 0 saturated carbocycles. The van der Waals surface area contributed by atoms with E-state index in [4.69, 9.17) is 10.9 Å². The number of nitrogens with zero attached hydrogens (tertiary/aromatic N) is 1. The van der Waals surface area contributed by atoms with E-state index in [1.807, 2.05) is 18.2 Å². The van der Waals surface area contributed by atoms with Crippen LogP contribution in [0.4, 0.5) is 0 Å². The van der Waals surface area contributed by atoms with Crippen molar-refractivity contribution in [2.45, 2.75) is 23.5 Å². The van der Waals surface area contributed by atoms with Crippen molar-refractivity contribution in [2.75, 3.05) is 0 Å². The minimum Gasteiger partial charge on any atom is -0.409 e. The van der Waals surface area contributed by atoms with Gasteiger partial charge in [0.15, 0.2) is 0 Å². The van der Waals surface area contributed by atoms with Gasteiger partial charge in [-0.15, -0.1) is 11.8 Å². The summed E-state index contributed by atoms with van der Waals surface area (Å²) in [6.07, 6.45) is 0.513. The Morgan fingerprint density at radius 2 is 1.80 bits per heavy atom. The Kier molecular flexibility index (Phi) is 5.07. The van der Waals surface area contributed by atoms with Crippen LogP contribution in [0.1, 0.15) is 22.8 Å². The van der Waals surface area contributed by atoms with Crippen LogP contribution >= 0.6 is 11.8 Å². The lowest BCUT2D eigenvalue weighted by atomic mass is 10.1. The Morgan fingerprint density at radius 1 is 1.15 bits per heavy atom. The standard InChI is InChI=1S/C16H18N2OS/c1-12-7-9-14(10-8-12)20-15(11-16(17)18-19)13-5-3-2-4-6-13/h2-10,15,19H,11H2,1H3,(H2,17,18). The predicted octanol–water partition coefficient (Wildman–Crippen LogP) is 3.96. The first-order valence-electron chi connectivity index (χ1n) is 6.43. The lowest BCUT2D eigenvalue weighted by Gasteiger charge is -2.16. The summed E-state index contributed by atoms with van der Waals surface area (Å²) in [7, 11) is 0. The molecule has 2 aromatic carbocycles. The van der Waals surface area contributed by atoms with E-state index in [0.29, 0.717) is 6.42 Å². The van der Waals surface area contributed by atoms with E-state index in [1.165, 1.54) is 16.0 Å². The van der Waals surface area contributed by atoms with Crippen LogP contribution in [0.3, 0.4) is 0 Å². The van der Waals surface area contributed by atoms with Crippen molar-refractivity contribution < 1.29 is 5.21 Å². The van der Waals surface area contributed by atoms with Crippen LogP contribution in [0, 0.1) is 6.92 Å². The number of thioether (sulfide) groups is 1. The van der Waals surface area contributed by atoms with E-state index < -0.39 is 0 Å². The molecule has 0 amide bonds. The first kappa shape index (κ1) is 14.5. The molecule has 0 spiro atoms. The predicted molar refractivity (Wildman–Crippen MR) is 84.2 cm³/mol. The molecular formula is C16H18N2OS. The molecule has 0 saturated heterocycles. The van der Waals surface area contributed by atoms with Gasteiger partial charge in [0.05, 0.1) is 0 Å². The maximum Gasteiger partial charge on any atom is 0.140 e. The number of rotatable bonds is 5. The Hall–Kier alpha value is -1.94. The second-order valence-corrected chi connectivity index (χ2v) is 5.90. The Morgan fingerprint density at radius 3 is 2.40 bits per heavy atom. The summed E-state index contributed by atoms with van der Waals surface area (Å²) in [5.41, 5.74) is 8.08. The van der Waals surface area contributed by atoms with Crippen LogP contribution in [0.5, 0.6) is 0 Å². The molecule has 0 fully saturated rings. The van der Waals surface area contributed by atoms with E-state index in [-0.39, 0.29) is 11.1 Å². The molecule has 0 aliphatic rings. The molecule has 104 valence electrons. The zero-order valence-corrected chi connectivity index (χ0v) is 12.2. The summed E-state index contributed by atoms with van der Waals surface area (Å²) in [5, 5.41) is 12.0. The number of oxime groups is 1. The number of hydrogen-bond acceptors (Lipinski definition) is 3. The van der Waals surface area contributed by atoms with E-state index in [2.05, 4.69) is 48.5 Å². The van der Waals surface area contributed by atoms with Crippen molar-refractivity contribution in [3.05, 3.63) is 65.7 Å². The lowest BCUT2D eigenvalue weighted by molar-refractivity contribution is 0.317. The molecule has 0 aliphatic heterocycles. The maximum atomic E-state index is 8.79. The van der Waals surface area contributed by atoms with Crippen LogP contribution in [0.2, 0.25) is 0 Å². The highest BCUT2D eigenvalue weighted by atomic mass is 32.2. The quantitative estimate of drug-likeness (QED) is 0.287. The molecule has 0 radical (unpaired) electrons. The monoisotopic (exact) mass is 286 g/mol. The van der Waals surface area contributed by atoms with Crippen molar-refractivity contribution in [1.29, 1.82) is 0 Å². The third-order valence-corrected chi connectivity index (χ3v) is 4.26. The zero-order valence-electron chi connectivity index (χ0n) is 11.4. The number of aryl methyl sites for hydroxylation is 1. The van der Waals surface area contributed by atoms with Gasteiger partial charge in [0.25, 0.3) is 0 Å². The van der Waals surface area contributed by atoms with Gasteiger partial charge in [0.2, 0.25) is 0 Å². The summed E-state index contributed by atoms with van der Waals surface area (Å²) in [4.78, 5) is 1.18. The summed E-state index contributed by atoms with van der Waals surface area (Å²) in [6, 6.07) is 18.5. The molecule has 4 heteroatoms. The van der Waals surface area contributed by atoms with E-state index in [9.17, 15) is 0 Å². The highest BCUT2D eigenvalue weighted by molar-refractivity contribution is 7.99. The Labute approximate surface area is 123 Å².